The fourth-order valence-electron chi connectivity index (χ4n) is 8.10. The Hall–Kier alpha value is -2.86. The number of aliphatic hydroxyl groups excluding tert-OH is 1. The third-order valence-corrected chi connectivity index (χ3v) is 11.1. The highest BCUT2D eigenvalue weighted by Gasteiger charge is 2.61. The zero-order valence-electron chi connectivity index (χ0n) is 30.8. The fourth-order valence-corrected chi connectivity index (χ4v) is 8.10. The van der Waals surface area contributed by atoms with Crippen molar-refractivity contribution >= 4 is 11.9 Å². The Morgan fingerprint density at radius 1 is 1.12 bits per heavy atom. The van der Waals surface area contributed by atoms with Crippen LogP contribution in [0.3, 0.4) is 0 Å². The molecule has 3 saturated heterocycles. The van der Waals surface area contributed by atoms with Crippen molar-refractivity contribution in [1.82, 2.24) is 0 Å². The smallest absolute Gasteiger partial charge is 0.333 e. The lowest BCUT2D eigenvalue weighted by Gasteiger charge is -2.52. The Morgan fingerprint density at radius 3 is 2.58 bits per heavy atom. The zero-order chi connectivity index (χ0) is 36.4. The number of methoxy groups -OCH3 is 1. The molecular formula is C40H56O10. The van der Waals surface area contributed by atoms with Gasteiger partial charge >= 0.3 is 11.9 Å². The Labute approximate surface area is 296 Å². The summed E-state index contributed by atoms with van der Waals surface area (Å²) in [6.45, 7) is 13.6. The lowest BCUT2D eigenvalue weighted by atomic mass is 9.70. The van der Waals surface area contributed by atoms with Gasteiger partial charge in [-0.05, 0) is 82.4 Å². The molecule has 4 aliphatic heterocycles. The quantitative estimate of drug-likeness (QED) is 0.213. The van der Waals surface area contributed by atoms with Crippen LogP contribution in [0.2, 0.25) is 0 Å². The molecule has 5 aliphatic rings. The number of allylic oxidation sites excluding steroid dienone is 6. The molecule has 0 saturated carbocycles. The predicted molar refractivity (Wildman–Crippen MR) is 188 cm³/mol. The van der Waals surface area contributed by atoms with E-state index in [9.17, 15) is 19.8 Å². The maximum atomic E-state index is 14.5. The van der Waals surface area contributed by atoms with Gasteiger partial charge in [-0.25, -0.2) is 4.79 Å². The molecule has 2 N–H and O–H groups in total. The minimum absolute atomic E-state index is 0.0583. The first-order valence-corrected chi connectivity index (χ1v) is 18.0. The number of hydrogen-bond donors (Lipinski definition) is 2. The molecule has 4 heterocycles. The van der Waals surface area contributed by atoms with E-state index in [1.54, 1.807) is 26.0 Å². The van der Waals surface area contributed by atoms with Crippen LogP contribution in [-0.2, 0) is 38.0 Å². The van der Waals surface area contributed by atoms with Crippen molar-refractivity contribution in [1.29, 1.82) is 0 Å². The zero-order valence-corrected chi connectivity index (χ0v) is 30.8. The molecule has 10 heteroatoms. The van der Waals surface area contributed by atoms with Gasteiger partial charge in [0.05, 0.1) is 18.8 Å². The van der Waals surface area contributed by atoms with Crippen LogP contribution in [0.5, 0.6) is 0 Å². The van der Waals surface area contributed by atoms with Gasteiger partial charge in [-0.15, -0.1) is 0 Å². The number of carbonyl (C=O) groups is 2. The van der Waals surface area contributed by atoms with Crippen LogP contribution < -0.4 is 0 Å². The fraction of sp³-hybridized carbons (Fsp3) is 0.650. The maximum absolute atomic E-state index is 14.5. The Kier molecular flexibility index (Phi) is 12.1. The topological polar surface area (TPSA) is 130 Å². The van der Waals surface area contributed by atoms with Gasteiger partial charge in [-0.3, -0.25) is 4.79 Å². The van der Waals surface area contributed by atoms with E-state index < -0.39 is 59.8 Å². The summed E-state index contributed by atoms with van der Waals surface area (Å²) in [7, 11) is 1.50. The summed E-state index contributed by atoms with van der Waals surface area (Å²) < 4.78 is 37.3. The summed E-state index contributed by atoms with van der Waals surface area (Å²) in [5.41, 5.74) is 1.91. The van der Waals surface area contributed by atoms with Crippen LogP contribution in [0.1, 0.15) is 80.6 Å². The molecule has 1 spiro atoms. The van der Waals surface area contributed by atoms with Crippen LogP contribution in [-0.4, -0.2) is 90.5 Å². The average molecular weight is 697 g/mol. The largest absolute Gasteiger partial charge is 0.462 e. The average Bonchev–Trinajstić information content (AvgIpc) is 3.42. The molecule has 50 heavy (non-hydrogen) atoms. The van der Waals surface area contributed by atoms with Gasteiger partial charge in [0.25, 0.3) is 0 Å². The van der Waals surface area contributed by atoms with E-state index in [1.165, 1.54) is 12.7 Å². The molecule has 0 amide bonds. The molecule has 2 bridgehead atoms. The van der Waals surface area contributed by atoms with Gasteiger partial charge in [-0.1, -0.05) is 62.0 Å². The minimum atomic E-state index is -1.79. The van der Waals surface area contributed by atoms with E-state index in [2.05, 4.69) is 32.9 Å². The number of aliphatic hydroxyl groups is 2. The van der Waals surface area contributed by atoms with Crippen LogP contribution in [0, 0.1) is 17.8 Å². The van der Waals surface area contributed by atoms with Crippen molar-refractivity contribution in [2.45, 2.75) is 129 Å². The van der Waals surface area contributed by atoms with Crippen LogP contribution >= 0.6 is 0 Å². The van der Waals surface area contributed by atoms with E-state index in [0.29, 0.717) is 36.0 Å². The number of esters is 2. The predicted octanol–water partition coefficient (Wildman–Crippen LogP) is 5.59. The molecule has 0 radical (unpaired) electrons. The summed E-state index contributed by atoms with van der Waals surface area (Å²) in [4.78, 5) is 27.1. The van der Waals surface area contributed by atoms with Gasteiger partial charge in [0.15, 0.2) is 5.79 Å². The summed E-state index contributed by atoms with van der Waals surface area (Å²) in [6.07, 6.45) is 11.6. The number of rotatable bonds is 5. The lowest BCUT2D eigenvalue weighted by Crippen LogP contribution is -2.62. The first-order chi connectivity index (χ1) is 23.8. The Bertz CT molecular complexity index is 1470. The molecule has 11 unspecified atom stereocenters. The molecule has 5 rings (SSSR count). The first-order valence-electron chi connectivity index (χ1n) is 18.0. The second kappa shape index (κ2) is 15.8. The van der Waals surface area contributed by atoms with Gasteiger partial charge in [0.1, 0.15) is 42.5 Å². The van der Waals surface area contributed by atoms with Gasteiger partial charge in [0, 0.05) is 25.5 Å². The Morgan fingerprint density at radius 2 is 1.88 bits per heavy atom. The van der Waals surface area contributed by atoms with E-state index >= 15 is 0 Å². The monoisotopic (exact) mass is 696 g/mol. The van der Waals surface area contributed by atoms with Crippen molar-refractivity contribution in [3.63, 3.8) is 0 Å². The molecular weight excluding hydrogens is 640 g/mol. The summed E-state index contributed by atoms with van der Waals surface area (Å²) in [5.74, 6) is -3.47. The van der Waals surface area contributed by atoms with E-state index in [1.807, 2.05) is 32.1 Å². The molecule has 1 aliphatic carbocycles. The van der Waals surface area contributed by atoms with Crippen molar-refractivity contribution in [2.24, 2.45) is 17.8 Å². The third-order valence-electron chi connectivity index (χ3n) is 11.1. The third kappa shape index (κ3) is 7.66. The van der Waals surface area contributed by atoms with Crippen LogP contribution in [0.4, 0.5) is 0 Å². The SMILES string of the molecule is CC=C(C)C(=O)OCC1=CC2C(=O)OC3CC(CC=C(C)CC(C)C=CC=C4COC(C1OC)C42O)OC1(C3)OC(C(C)=CC)C(C)CC1O. The minimum Gasteiger partial charge on any atom is -0.462 e. The van der Waals surface area contributed by atoms with Gasteiger partial charge in [-0.2, -0.15) is 0 Å². The van der Waals surface area contributed by atoms with Crippen LogP contribution in [0.25, 0.3) is 0 Å². The van der Waals surface area contributed by atoms with Crippen molar-refractivity contribution < 1.29 is 48.2 Å². The first kappa shape index (κ1) is 38.4. The highest BCUT2D eigenvalue weighted by atomic mass is 16.7. The van der Waals surface area contributed by atoms with E-state index in [4.69, 9.17) is 28.4 Å². The molecule has 10 nitrogen and oxygen atoms in total. The second-order valence-corrected chi connectivity index (χ2v) is 14.9. The molecule has 0 aromatic rings. The standard InChI is InChI=1S/C40H56O10/c1-9-25(5)34-27(7)17-33(41)39(50-34)20-31-19-30(49-39)15-14-24(4)16-23(3)12-11-13-29-22-46-36-35(45-8)28(21-47-37(42)26(6)10-2)18-32(38(43)48-31)40(29,36)44/h9-14,18,23,27,30-36,41,44H,15-17,19-22H2,1-8H3. The number of ether oxygens (including phenoxy) is 6. The Balaban J connectivity index is 1.56. The van der Waals surface area contributed by atoms with Crippen LogP contribution in [0.15, 0.2) is 70.4 Å². The van der Waals surface area contributed by atoms with Crippen molar-refractivity contribution in [3.8, 4) is 0 Å². The van der Waals surface area contributed by atoms with Crippen molar-refractivity contribution in [3.05, 3.63) is 70.4 Å². The highest BCUT2D eigenvalue weighted by molar-refractivity contribution is 5.87. The lowest BCUT2D eigenvalue weighted by molar-refractivity contribution is -0.363. The molecule has 3 fully saturated rings. The molecule has 11 atom stereocenters. The second-order valence-electron chi connectivity index (χ2n) is 14.9. The van der Waals surface area contributed by atoms with Crippen molar-refractivity contribution in [2.75, 3.05) is 20.3 Å². The maximum Gasteiger partial charge on any atom is 0.333 e. The normalized spacial score (nSPS) is 40.0. The summed E-state index contributed by atoms with van der Waals surface area (Å²) in [6, 6.07) is 0. The van der Waals surface area contributed by atoms with E-state index in [-0.39, 0.29) is 37.6 Å². The highest BCUT2D eigenvalue weighted by Crippen LogP contribution is 2.48. The summed E-state index contributed by atoms with van der Waals surface area (Å²) >= 11 is 0. The van der Waals surface area contributed by atoms with E-state index in [0.717, 1.165) is 12.0 Å². The number of hydrogen-bond acceptors (Lipinski definition) is 10. The molecule has 0 aromatic carbocycles. The molecule has 0 aromatic heterocycles. The number of carbonyl (C=O) groups excluding carboxylic acids is 2. The van der Waals surface area contributed by atoms with Gasteiger partial charge < -0.3 is 38.6 Å². The molecule has 276 valence electrons. The van der Waals surface area contributed by atoms with Gasteiger partial charge in [0.2, 0.25) is 0 Å². The summed E-state index contributed by atoms with van der Waals surface area (Å²) in [5, 5.41) is 24.2. The number of fused-ring (bicyclic) bond motifs is 2.